The number of unbranched alkanes of at least 4 members (excludes halogenated alkanes) is 2. The fourth-order valence-corrected chi connectivity index (χ4v) is 4.19. The fraction of sp³-hybridized carbons (Fsp3) is 0.286. The van der Waals surface area contributed by atoms with Crippen LogP contribution in [0.5, 0.6) is 11.5 Å². The van der Waals surface area contributed by atoms with Gasteiger partial charge in [-0.25, -0.2) is 4.98 Å². The summed E-state index contributed by atoms with van der Waals surface area (Å²) in [5.41, 5.74) is 2.67. The molecule has 1 heterocycles. The summed E-state index contributed by atoms with van der Waals surface area (Å²) < 4.78 is 13.4. The summed E-state index contributed by atoms with van der Waals surface area (Å²) in [6.45, 7) is 1.89. The number of nitrogens with one attached hydrogen (secondary N) is 1. The van der Waals surface area contributed by atoms with Crippen LogP contribution in [0.2, 0.25) is 5.02 Å². The number of para-hydroxylation sites is 3. The van der Waals surface area contributed by atoms with Gasteiger partial charge in [-0.05, 0) is 61.4 Å². The molecule has 4 rings (SSSR count). The van der Waals surface area contributed by atoms with Gasteiger partial charge < -0.3 is 19.4 Å². The topological polar surface area (TPSA) is 65.4 Å². The number of aryl methyl sites for hydroxylation is 1. The number of amides is 1. The summed E-state index contributed by atoms with van der Waals surface area (Å²) in [6.07, 6.45) is 3.76. The Morgan fingerprint density at radius 2 is 1.74 bits per heavy atom. The molecule has 0 saturated heterocycles. The highest BCUT2D eigenvalue weighted by Gasteiger charge is 2.12. The first-order chi connectivity index (χ1) is 17.2. The number of methoxy groups -OCH3 is 1. The molecule has 0 aliphatic heterocycles. The molecular formula is C28H30ClN3O3. The Bertz CT molecular complexity index is 1250. The van der Waals surface area contributed by atoms with Crippen molar-refractivity contribution in [3.05, 3.63) is 89.2 Å². The molecule has 0 bridgehead atoms. The second kappa shape index (κ2) is 12.3. The van der Waals surface area contributed by atoms with Crippen LogP contribution in [0.15, 0.2) is 72.8 Å². The van der Waals surface area contributed by atoms with E-state index in [4.69, 9.17) is 26.1 Å². The number of carbonyl (C=O) groups excluding carboxylic acids is 1. The van der Waals surface area contributed by atoms with Crippen molar-refractivity contribution in [2.75, 3.05) is 20.3 Å². The Morgan fingerprint density at radius 1 is 0.971 bits per heavy atom. The van der Waals surface area contributed by atoms with Crippen LogP contribution in [0.4, 0.5) is 0 Å². The Hall–Kier alpha value is -3.51. The molecule has 0 spiro atoms. The molecule has 35 heavy (non-hydrogen) atoms. The molecule has 0 aliphatic rings. The molecule has 182 valence electrons. The van der Waals surface area contributed by atoms with Crippen molar-refractivity contribution < 1.29 is 14.3 Å². The molecule has 4 aromatic rings. The monoisotopic (exact) mass is 491 g/mol. The molecular weight excluding hydrogens is 462 g/mol. The second-order valence-electron chi connectivity index (χ2n) is 8.24. The van der Waals surface area contributed by atoms with E-state index in [1.807, 2.05) is 54.6 Å². The van der Waals surface area contributed by atoms with Gasteiger partial charge in [-0.2, -0.15) is 0 Å². The van der Waals surface area contributed by atoms with Crippen LogP contribution in [0, 0.1) is 0 Å². The Labute approximate surface area is 210 Å². The van der Waals surface area contributed by atoms with Crippen LogP contribution in [0.25, 0.3) is 11.0 Å². The molecule has 0 aliphatic carbocycles. The van der Waals surface area contributed by atoms with Gasteiger partial charge in [0.15, 0.2) is 0 Å². The van der Waals surface area contributed by atoms with Crippen LogP contribution in [-0.4, -0.2) is 35.7 Å². The van der Waals surface area contributed by atoms with Crippen LogP contribution >= 0.6 is 11.6 Å². The van der Waals surface area contributed by atoms with Gasteiger partial charge in [0.05, 0.1) is 30.3 Å². The second-order valence-corrected chi connectivity index (χ2v) is 8.67. The van der Waals surface area contributed by atoms with Gasteiger partial charge in [0, 0.05) is 18.0 Å². The highest BCUT2D eigenvalue weighted by molar-refractivity contribution is 6.30. The Balaban J connectivity index is 1.27. The van der Waals surface area contributed by atoms with E-state index in [0.29, 0.717) is 36.0 Å². The normalized spacial score (nSPS) is 10.9. The number of halogens is 1. The summed E-state index contributed by atoms with van der Waals surface area (Å²) in [7, 11) is 1.57. The molecule has 0 atom stereocenters. The summed E-state index contributed by atoms with van der Waals surface area (Å²) in [5, 5.41) is 3.68. The minimum atomic E-state index is -0.107. The molecule has 0 saturated carbocycles. The minimum absolute atomic E-state index is 0.107. The number of carbonyl (C=O) groups is 1. The van der Waals surface area contributed by atoms with Crippen LogP contribution in [-0.2, 0) is 13.0 Å². The highest BCUT2D eigenvalue weighted by Crippen LogP contribution is 2.20. The molecule has 1 amide bonds. The largest absolute Gasteiger partial charge is 0.496 e. The molecule has 7 heteroatoms. The predicted molar refractivity (Wildman–Crippen MR) is 140 cm³/mol. The maximum absolute atomic E-state index is 12.4. The lowest BCUT2D eigenvalue weighted by molar-refractivity contribution is 0.0950. The summed E-state index contributed by atoms with van der Waals surface area (Å²) >= 11 is 5.96. The summed E-state index contributed by atoms with van der Waals surface area (Å²) in [6, 6.07) is 22.9. The number of ether oxygens (including phenoxy) is 2. The summed E-state index contributed by atoms with van der Waals surface area (Å²) in [5.74, 6) is 2.34. The Morgan fingerprint density at radius 3 is 2.57 bits per heavy atom. The third kappa shape index (κ3) is 6.55. The van der Waals surface area contributed by atoms with E-state index < -0.39 is 0 Å². The average Bonchev–Trinajstić information content (AvgIpc) is 3.24. The van der Waals surface area contributed by atoms with Crippen LogP contribution in [0.3, 0.4) is 0 Å². The lowest BCUT2D eigenvalue weighted by Gasteiger charge is -2.11. The number of fused-ring (bicyclic) bond motifs is 1. The lowest BCUT2D eigenvalue weighted by Crippen LogP contribution is -2.24. The molecule has 6 nitrogen and oxygen atoms in total. The first-order valence-electron chi connectivity index (χ1n) is 11.9. The first-order valence-corrected chi connectivity index (χ1v) is 12.3. The highest BCUT2D eigenvalue weighted by atomic mass is 35.5. The minimum Gasteiger partial charge on any atom is -0.496 e. The van der Waals surface area contributed by atoms with Crippen molar-refractivity contribution in [1.29, 1.82) is 0 Å². The van der Waals surface area contributed by atoms with E-state index in [0.717, 1.165) is 48.3 Å². The number of hydrogen-bond donors (Lipinski definition) is 1. The van der Waals surface area contributed by atoms with E-state index in [-0.39, 0.29) is 5.91 Å². The van der Waals surface area contributed by atoms with Gasteiger partial charge in [0.1, 0.15) is 23.9 Å². The number of benzene rings is 3. The van der Waals surface area contributed by atoms with Crippen molar-refractivity contribution in [3.63, 3.8) is 0 Å². The standard InChI is InChI=1S/C28H30ClN3O3/c1-34-26-12-7-4-9-23(26)28(33)30-18-8-2-3-13-27-31-24-10-5-6-11-25(24)32(27)19-20-35-22-16-14-21(29)15-17-22/h4-7,9-12,14-17H,2-3,8,13,18-20H2,1H3,(H,30,33). The quantitative estimate of drug-likeness (QED) is 0.250. The molecule has 0 fully saturated rings. The fourth-order valence-electron chi connectivity index (χ4n) is 4.07. The number of hydrogen-bond acceptors (Lipinski definition) is 4. The van der Waals surface area contributed by atoms with Crippen LogP contribution in [0.1, 0.15) is 35.4 Å². The lowest BCUT2D eigenvalue weighted by atomic mass is 10.1. The van der Waals surface area contributed by atoms with E-state index in [2.05, 4.69) is 16.0 Å². The average molecular weight is 492 g/mol. The zero-order valence-corrected chi connectivity index (χ0v) is 20.6. The van der Waals surface area contributed by atoms with Crippen molar-refractivity contribution >= 4 is 28.5 Å². The predicted octanol–water partition coefficient (Wildman–Crippen LogP) is 5.92. The van der Waals surface area contributed by atoms with Crippen LogP contribution < -0.4 is 14.8 Å². The number of aromatic nitrogens is 2. The van der Waals surface area contributed by atoms with E-state index in [1.165, 1.54) is 0 Å². The number of rotatable bonds is 12. The van der Waals surface area contributed by atoms with E-state index in [9.17, 15) is 4.79 Å². The third-order valence-electron chi connectivity index (χ3n) is 5.85. The first kappa shape index (κ1) is 24.6. The maximum Gasteiger partial charge on any atom is 0.255 e. The van der Waals surface area contributed by atoms with Crippen molar-refractivity contribution in [3.8, 4) is 11.5 Å². The van der Waals surface area contributed by atoms with Gasteiger partial charge in [-0.15, -0.1) is 0 Å². The zero-order chi connectivity index (χ0) is 24.5. The van der Waals surface area contributed by atoms with Gasteiger partial charge in [0.2, 0.25) is 0 Å². The Kier molecular flexibility index (Phi) is 8.63. The molecule has 3 aromatic carbocycles. The molecule has 1 N–H and O–H groups in total. The van der Waals surface area contributed by atoms with Crippen molar-refractivity contribution in [2.45, 2.75) is 32.2 Å². The van der Waals surface area contributed by atoms with E-state index >= 15 is 0 Å². The molecule has 1 aromatic heterocycles. The third-order valence-corrected chi connectivity index (χ3v) is 6.10. The van der Waals surface area contributed by atoms with E-state index in [1.54, 1.807) is 19.2 Å². The molecule has 0 unspecified atom stereocenters. The van der Waals surface area contributed by atoms with Gasteiger partial charge in [0.25, 0.3) is 5.91 Å². The number of imidazole rings is 1. The molecule has 0 radical (unpaired) electrons. The smallest absolute Gasteiger partial charge is 0.255 e. The number of nitrogens with zero attached hydrogens (tertiary/aromatic N) is 2. The van der Waals surface area contributed by atoms with Gasteiger partial charge >= 0.3 is 0 Å². The summed E-state index contributed by atoms with van der Waals surface area (Å²) in [4.78, 5) is 17.3. The van der Waals surface area contributed by atoms with Gasteiger partial charge in [-0.1, -0.05) is 42.3 Å². The SMILES string of the molecule is COc1ccccc1C(=O)NCCCCCc1nc2ccccc2n1CCOc1ccc(Cl)cc1. The zero-order valence-electron chi connectivity index (χ0n) is 19.9. The van der Waals surface area contributed by atoms with Gasteiger partial charge in [-0.3, -0.25) is 4.79 Å². The maximum atomic E-state index is 12.4. The van der Waals surface area contributed by atoms with Crippen molar-refractivity contribution in [2.24, 2.45) is 0 Å². The van der Waals surface area contributed by atoms with Crippen molar-refractivity contribution in [1.82, 2.24) is 14.9 Å².